The Kier molecular flexibility index (Phi) is 11.0. The van der Waals surface area contributed by atoms with Crippen LogP contribution in [0.4, 0.5) is 17.1 Å². The predicted molar refractivity (Wildman–Crippen MR) is 175 cm³/mol. The van der Waals surface area contributed by atoms with Crippen molar-refractivity contribution in [2.45, 2.75) is 44.7 Å². The summed E-state index contributed by atoms with van der Waals surface area (Å²) in [4.78, 5) is 41.9. The van der Waals surface area contributed by atoms with Gasteiger partial charge in [-0.3, -0.25) is 14.6 Å². The van der Waals surface area contributed by atoms with E-state index in [2.05, 4.69) is 26.0 Å². The van der Waals surface area contributed by atoms with Crippen molar-refractivity contribution in [2.24, 2.45) is 16.8 Å². The van der Waals surface area contributed by atoms with Gasteiger partial charge in [-0.2, -0.15) is 5.10 Å². The highest BCUT2D eigenvalue weighted by Crippen LogP contribution is 2.33. The number of fused-ring (bicyclic) bond motifs is 4. The van der Waals surface area contributed by atoms with Crippen LogP contribution in [-0.4, -0.2) is 42.9 Å². The van der Waals surface area contributed by atoms with E-state index in [0.717, 1.165) is 11.3 Å². The summed E-state index contributed by atoms with van der Waals surface area (Å²) in [6.07, 6.45) is 6.56. The van der Waals surface area contributed by atoms with Gasteiger partial charge in [-0.25, -0.2) is 10.6 Å². The van der Waals surface area contributed by atoms with Crippen LogP contribution in [0, 0.1) is 0 Å². The first-order valence-corrected chi connectivity index (χ1v) is 14.6. The average molecular weight is 621 g/mol. The van der Waals surface area contributed by atoms with Gasteiger partial charge < -0.3 is 31.5 Å². The van der Waals surface area contributed by atoms with Crippen LogP contribution in [-0.2, 0) is 14.3 Å². The number of benzene rings is 2. The van der Waals surface area contributed by atoms with E-state index in [4.69, 9.17) is 28.0 Å². The lowest BCUT2D eigenvalue weighted by atomic mass is 9.96. The number of hydrogen-bond donors (Lipinski definition) is 6. The lowest BCUT2D eigenvalue weighted by Gasteiger charge is -2.24. The molecule has 0 saturated carbocycles. The van der Waals surface area contributed by atoms with E-state index in [-0.39, 0.29) is 24.0 Å². The maximum Gasteiger partial charge on any atom is 0.328 e. The molecule has 2 heterocycles. The van der Waals surface area contributed by atoms with Gasteiger partial charge in [-0.05, 0) is 67.8 Å². The zero-order chi connectivity index (χ0) is 31.6. The summed E-state index contributed by atoms with van der Waals surface area (Å²) in [5.74, 6) is 10.5. The Labute approximate surface area is 260 Å². The number of H-pyrrole nitrogens is 1. The van der Waals surface area contributed by atoms with Crippen molar-refractivity contribution in [3.8, 4) is 11.1 Å². The van der Waals surface area contributed by atoms with Gasteiger partial charge in [0.25, 0.3) is 0 Å². The van der Waals surface area contributed by atoms with Crippen molar-refractivity contribution in [3.63, 3.8) is 0 Å². The summed E-state index contributed by atoms with van der Waals surface area (Å²) in [5.41, 5.74) is 4.24. The van der Waals surface area contributed by atoms with Crippen molar-refractivity contribution < 1.29 is 14.3 Å². The normalized spacial score (nSPS) is 16.7. The molecule has 3 aromatic rings. The third kappa shape index (κ3) is 8.17. The van der Waals surface area contributed by atoms with E-state index in [1.54, 1.807) is 38.2 Å². The Hall–Kier alpha value is -4.81. The monoisotopic (exact) mass is 620 g/mol. The molecule has 2 aromatic carbocycles. The zero-order valence-electron chi connectivity index (χ0n) is 24.6. The fourth-order valence-electron chi connectivity index (χ4n) is 5.07. The second kappa shape index (κ2) is 15.1. The quantitative estimate of drug-likeness (QED) is 0.0539. The van der Waals surface area contributed by atoms with E-state index in [9.17, 15) is 14.4 Å². The Morgan fingerprint density at radius 3 is 2.70 bits per heavy atom. The van der Waals surface area contributed by atoms with Gasteiger partial charge in [0, 0.05) is 52.4 Å². The highest BCUT2D eigenvalue weighted by Gasteiger charge is 2.24. The summed E-state index contributed by atoms with van der Waals surface area (Å²) in [5, 5.41) is 14.6. The van der Waals surface area contributed by atoms with Crippen LogP contribution >= 0.6 is 11.6 Å². The van der Waals surface area contributed by atoms with Gasteiger partial charge in [0.2, 0.25) is 11.5 Å². The molecule has 1 aliphatic heterocycles. The van der Waals surface area contributed by atoms with Crippen LogP contribution in [0.1, 0.15) is 49.9 Å². The van der Waals surface area contributed by atoms with Gasteiger partial charge in [0.15, 0.2) is 0 Å². The fourth-order valence-corrected chi connectivity index (χ4v) is 5.25. The molecule has 0 spiro atoms. The molecular weight excluding hydrogens is 584 g/mol. The van der Waals surface area contributed by atoms with Crippen LogP contribution in [0.15, 0.2) is 64.5 Å². The first kappa shape index (κ1) is 32.1. The number of amides is 1. The first-order chi connectivity index (χ1) is 21.2. The summed E-state index contributed by atoms with van der Waals surface area (Å²) < 4.78 is 5.35. The minimum atomic E-state index is -0.587. The molecule has 13 heteroatoms. The number of carbonyl (C=O) groups excluding carboxylic acids is 2. The third-order valence-electron chi connectivity index (χ3n) is 7.19. The highest BCUT2D eigenvalue weighted by molar-refractivity contribution is 6.30. The van der Waals surface area contributed by atoms with Crippen molar-refractivity contribution >= 4 is 53.0 Å². The first-order valence-electron chi connectivity index (χ1n) is 14.3. The molecule has 0 fully saturated rings. The molecule has 2 atom stereocenters. The molecule has 2 unspecified atom stereocenters. The molecule has 1 amide bonds. The number of hydrazine groups is 1. The molecule has 4 rings (SSSR count). The average Bonchev–Trinajstić information content (AvgIpc) is 3.00. The lowest BCUT2D eigenvalue weighted by Crippen LogP contribution is -2.32. The topological polar surface area (TPSA) is 180 Å². The highest BCUT2D eigenvalue weighted by atomic mass is 35.5. The fraction of sp³-hybridized carbons (Fsp3) is 0.290. The number of halogens is 1. The Bertz CT molecular complexity index is 1610. The molecule has 232 valence electrons. The number of carbonyl (C=O) groups is 2. The molecule has 2 bridgehead atoms. The summed E-state index contributed by atoms with van der Waals surface area (Å²) in [6.45, 7) is 2.04. The Morgan fingerprint density at radius 2 is 1.95 bits per heavy atom. The standard InChI is InChI=1S/C31H37ClN8O4/c1-3-44-31(43)25-7-5-4-6-24(38-29(41)13-8-19-14-21(32)9-12-28(19)40(34)18-36-33)27-15-20(16-30(42)39-27)23-11-10-22(35-2)17-26(23)37-25/h8-18,24-25,35,37H,3-7,33-34H2,1-2H3,(H,38,41)(H,39,42)/b13-8+,36-18-. The van der Waals surface area contributed by atoms with E-state index in [0.29, 0.717) is 58.9 Å². The van der Waals surface area contributed by atoms with Crippen molar-refractivity contribution in [1.82, 2.24) is 10.3 Å². The zero-order valence-corrected chi connectivity index (χ0v) is 25.4. The molecule has 1 aromatic heterocycles. The molecule has 0 radical (unpaired) electrons. The number of hydrazone groups is 1. The van der Waals surface area contributed by atoms with Gasteiger partial charge in [0.05, 0.1) is 18.3 Å². The van der Waals surface area contributed by atoms with E-state index >= 15 is 0 Å². The summed E-state index contributed by atoms with van der Waals surface area (Å²) >= 11 is 6.19. The Balaban J connectivity index is 1.68. The lowest BCUT2D eigenvalue weighted by molar-refractivity contribution is -0.144. The van der Waals surface area contributed by atoms with Crippen molar-refractivity contribution in [3.05, 3.63) is 81.2 Å². The smallest absolute Gasteiger partial charge is 0.328 e. The number of ether oxygens (including phenoxy) is 1. The maximum absolute atomic E-state index is 13.2. The second-order valence-corrected chi connectivity index (χ2v) is 10.6. The van der Waals surface area contributed by atoms with Gasteiger partial charge >= 0.3 is 5.97 Å². The summed E-state index contributed by atoms with van der Waals surface area (Å²) in [7, 11) is 1.81. The predicted octanol–water partition coefficient (Wildman–Crippen LogP) is 4.11. The van der Waals surface area contributed by atoms with Gasteiger partial charge in [-0.15, -0.1) is 0 Å². The molecule has 0 saturated heterocycles. The van der Waals surface area contributed by atoms with Crippen LogP contribution in [0.5, 0.6) is 0 Å². The molecule has 1 aliphatic rings. The number of hydrogen-bond acceptors (Lipinski definition) is 9. The van der Waals surface area contributed by atoms with Crippen LogP contribution in [0.25, 0.3) is 17.2 Å². The number of esters is 1. The number of rotatable bonds is 8. The van der Waals surface area contributed by atoms with E-state index in [1.165, 1.54) is 23.5 Å². The van der Waals surface area contributed by atoms with Crippen LogP contribution < -0.4 is 38.2 Å². The molecular formula is C31H37ClN8O4. The number of anilines is 3. The molecule has 12 nitrogen and oxygen atoms in total. The minimum absolute atomic E-state index is 0.264. The van der Waals surface area contributed by atoms with Crippen molar-refractivity contribution in [2.75, 3.05) is 29.3 Å². The molecule has 44 heavy (non-hydrogen) atoms. The number of nitrogens with zero attached hydrogens (tertiary/aromatic N) is 2. The SMILES string of the molecule is CCOC(=O)C1CCCCC(NC(=O)/C=C/c2cc(Cl)ccc2N(N)/C=N\N)c2cc(cc(=O)[nH]2)-c2ccc(NC)cc2N1. The van der Waals surface area contributed by atoms with Gasteiger partial charge in [0.1, 0.15) is 12.4 Å². The number of aromatic amines is 1. The van der Waals surface area contributed by atoms with E-state index in [1.807, 2.05) is 24.3 Å². The largest absolute Gasteiger partial charge is 0.464 e. The molecule has 0 aliphatic carbocycles. The summed E-state index contributed by atoms with van der Waals surface area (Å²) in [6, 6.07) is 12.9. The number of nitrogens with two attached hydrogens (primary N) is 2. The minimum Gasteiger partial charge on any atom is -0.464 e. The van der Waals surface area contributed by atoms with E-state index < -0.39 is 12.1 Å². The number of nitrogens with one attached hydrogen (secondary N) is 4. The second-order valence-electron chi connectivity index (χ2n) is 10.2. The van der Waals surface area contributed by atoms with Crippen LogP contribution in [0.2, 0.25) is 5.02 Å². The van der Waals surface area contributed by atoms with Gasteiger partial charge in [-0.1, -0.05) is 30.5 Å². The maximum atomic E-state index is 13.2. The number of pyridine rings is 1. The third-order valence-corrected chi connectivity index (χ3v) is 7.42. The number of aromatic nitrogens is 1. The molecule has 8 N–H and O–H groups in total. The Morgan fingerprint density at radius 1 is 1.16 bits per heavy atom. The van der Waals surface area contributed by atoms with Crippen LogP contribution in [0.3, 0.4) is 0 Å². The van der Waals surface area contributed by atoms with Crippen molar-refractivity contribution in [1.29, 1.82) is 0 Å².